The highest BCUT2D eigenvalue weighted by atomic mass is 16.5. The fraction of sp³-hybridized carbons (Fsp3) is 0.385. The van der Waals surface area contributed by atoms with Crippen LogP contribution in [0.25, 0.3) is 0 Å². The Morgan fingerprint density at radius 1 is 1.24 bits per heavy atom. The summed E-state index contributed by atoms with van der Waals surface area (Å²) < 4.78 is 5.80. The lowest BCUT2D eigenvalue weighted by molar-refractivity contribution is 0.346. The Morgan fingerprint density at radius 2 is 2.06 bits per heavy atom. The second kappa shape index (κ2) is 4.30. The van der Waals surface area contributed by atoms with Crippen LogP contribution in [0.2, 0.25) is 0 Å². The molecule has 17 heavy (non-hydrogen) atoms. The summed E-state index contributed by atoms with van der Waals surface area (Å²) in [4.78, 5) is 2.37. The lowest BCUT2D eigenvalue weighted by Gasteiger charge is -2.33. The zero-order valence-electron chi connectivity index (χ0n) is 9.83. The molecule has 0 spiro atoms. The lowest BCUT2D eigenvalue weighted by atomic mass is 10.2. The van der Waals surface area contributed by atoms with Crippen molar-refractivity contribution in [3.05, 3.63) is 30.5 Å². The molecule has 0 radical (unpaired) electrons. The average molecular weight is 231 g/mol. The van der Waals surface area contributed by atoms with Gasteiger partial charge in [-0.05, 0) is 12.1 Å². The van der Waals surface area contributed by atoms with Crippen molar-refractivity contribution < 1.29 is 4.74 Å². The molecule has 2 aliphatic heterocycles. The van der Waals surface area contributed by atoms with Gasteiger partial charge in [-0.1, -0.05) is 12.6 Å². The molecule has 2 heterocycles. The molecule has 0 saturated carbocycles. The van der Waals surface area contributed by atoms with Gasteiger partial charge in [-0.15, -0.1) is 0 Å². The van der Waals surface area contributed by atoms with Gasteiger partial charge in [-0.25, -0.2) is 0 Å². The maximum absolute atomic E-state index is 5.80. The summed E-state index contributed by atoms with van der Waals surface area (Å²) in [5.41, 5.74) is 3.12. The number of ether oxygens (including phenoxy) is 1. The van der Waals surface area contributed by atoms with Crippen molar-refractivity contribution >= 4 is 11.4 Å². The molecule has 4 heteroatoms. The molecule has 0 aromatic heterocycles. The van der Waals surface area contributed by atoms with Gasteiger partial charge >= 0.3 is 0 Å². The minimum atomic E-state index is 0.552. The van der Waals surface area contributed by atoms with Crippen LogP contribution in [-0.4, -0.2) is 32.8 Å². The number of anilines is 2. The Labute approximate surface area is 101 Å². The highest BCUT2D eigenvalue weighted by molar-refractivity contribution is 5.74. The van der Waals surface area contributed by atoms with E-state index in [4.69, 9.17) is 4.74 Å². The second-order valence-electron chi connectivity index (χ2n) is 4.41. The molecule has 0 unspecified atom stereocenters. The molecular weight excluding hydrogens is 214 g/mol. The molecule has 1 aromatic rings. The molecule has 2 N–H and O–H groups in total. The van der Waals surface area contributed by atoms with E-state index in [-0.39, 0.29) is 0 Å². The molecule has 0 aliphatic carbocycles. The van der Waals surface area contributed by atoms with E-state index in [2.05, 4.69) is 34.2 Å². The second-order valence-corrected chi connectivity index (χ2v) is 4.41. The maximum Gasteiger partial charge on any atom is 0.166 e. The van der Waals surface area contributed by atoms with Crippen LogP contribution >= 0.6 is 0 Å². The van der Waals surface area contributed by atoms with Gasteiger partial charge in [0.25, 0.3) is 0 Å². The van der Waals surface area contributed by atoms with Crippen LogP contribution in [0.5, 0.6) is 5.75 Å². The van der Waals surface area contributed by atoms with E-state index in [1.165, 1.54) is 5.69 Å². The van der Waals surface area contributed by atoms with E-state index in [9.17, 15) is 0 Å². The van der Waals surface area contributed by atoms with Gasteiger partial charge in [0.2, 0.25) is 0 Å². The van der Waals surface area contributed by atoms with Crippen LogP contribution in [0.15, 0.2) is 30.5 Å². The number of nitrogens with zero attached hydrogens (tertiary/aromatic N) is 1. The third-order valence-corrected chi connectivity index (χ3v) is 3.15. The number of benzene rings is 1. The third-order valence-electron chi connectivity index (χ3n) is 3.15. The van der Waals surface area contributed by atoms with E-state index in [0.29, 0.717) is 6.61 Å². The minimum absolute atomic E-state index is 0.552. The van der Waals surface area contributed by atoms with Crippen molar-refractivity contribution in [2.24, 2.45) is 0 Å². The summed E-state index contributed by atoms with van der Waals surface area (Å²) in [5.74, 6) is 0.960. The number of para-hydroxylation sites is 1. The fourth-order valence-electron chi connectivity index (χ4n) is 2.32. The summed E-state index contributed by atoms with van der Waals surface area (Å²) in [6.07, 6.45) is 0. The Bertz CT molecular complexity index is 438. The van der Waals surface area contributed by atoms with Gasteiger partial charge in [0.1, 0.15) is 6.61 Å². The zero-order chi connectivity index (χ0) is 11.7. The van der Waals surface area contributed by atoms with Gasteiger partial charge < -0.3 is 20.3 Å². The van der Waals surface area contributed by atoms with Gasteiger partial charge in [-0.3, -0.25) is 0 Å². The van der Waals surface area contributed by atoms with Crippen LogP contribution in [0.4, 0.5) is 11.4 Å². The Balaban J connectivity index is 1.94. The van der Waals surface area contributed by atoms with Crippen LogP contribution < -0.4 is 20.3 Å². The molecule has 1 saturated heterocycles. The van der Waals surface area contributed by atoms with Crippen LogP contribution in [-0.2, 0) is 0 Å². The van der Waals surface area contributed by atoms with E-state index < -0.39 is 0 Å². The third kappa shape index (κ3) is 1.96. The number of rotatable bonds is 1. The maximum atomic E-state index is 5.80. The average Bonchev–Trinajstić information content (AvgIpc) is 2.39. The normalized spacial score (nSPS) is 19.3. The van der Waals surface area contributed by atoms with Crippen molar-refractivity contribution in [1.82, 2.24) is 5.32 Å². The first kappa shape index (κ1) is 10.5. The van der Waals surface area contributed by atoms with Gasteiger partial charge in [-0.2, -0.15) is 0 Å². The minimum Gasteiger partial charge on any atom is -0.483 e. The van der Waals surface area contributed by atoms with Gasteiger partial charge in [0, 0.05) is 31.9 Å². The summed E-state index contributed by atoms with van der Waals surface area (Å²) in [6, 6.07) is 6.22. The van der Waals surface area contributed by atoms with Crippen molar-refractivity contribution in [1.29, 1.82) is 0 Å². The Kier molecular flexibility index (Phi) is 2.65. The molecule has 4 nitrogen and oxygen atoms in total. The molecule has 0 amide bonds. The predicted octanol–water partition coefficient (Wildman–Crippen LogP) is 1.41. The van der Waals surface area contributed by atoms with Gasteiger partial charge in [0.15, 0.2) is 5.75 Å². The number of nitrogens with one attached hydrogen (secondary N) is 2. The lowest BCUT2D eigenvalue weighted by Crippen LogP contribution is -2.43. The highest BCUT2D eigenvalue weighted by Crippen LogP contribution is 2.39. The molecule has 1 fully saturated rings. The van der Waals surface area contributed by atoms with E-state index in [0.717, 1.165) is 43.3 Å². The summed E-state index contributed by atoms with van der Waals surface area (Å²) in [7, 11) is 0. The van der Waals surface area contributed by atoms with Crippen LogP contribution in [0.1, 0.15) is 0 Å². The molecule has 3 rings (SSSR count). The van der Waals surface area contributed by atoms with Crippen molar-refractivity contribution in [3.8, 4) is 5.75 Å². The Morgan fingerprint density at radius 3 is 2.88 bits per heavy atom. The van der Waals surface area contributed by atoms with Gasteiger partial charge in [0.05, 0.1) is 11.4 Å². The van der Waals surface area contributed by atoms with E-state index >= 15 is 0 Å². The van der Waals surface area contributed by atoms with Crippen molar-refractivity contribution in [2.45, 2.75) is 0 Å². The molecule has 2 aliphatic rings. The van der Waals surface area contributed by atoms with E-state index in [1.54, 1.807) is 0 Å². The molecule has 1 aromatic carbocycles. The quantitative estimate of drug-likeness (QED) is 0.766. The predicted molar refractivity (Wildman–Crippen MR) is 69.8 cm³/mol. The number of fused-ring (bicyclic) bond motifs is 1. The van der Waals surface area contributed by atoms with E-state index in [1.807, 2.05) is 6.07 Å². The summed E-state index contributed by atoms with van der Waals surface area (Å²) in [6.45, 7) is 8.57. The topological polar surface area (TPSA) is 36.5 Å². The number of hydrogen-bond donors (Lipinski definition) is 2. The Hall–Kier alpha value is -1.68. The SMILES string of the molecule is C=C1COc2c(cccc2N2CCNCC2)N1. The zero-order valence-corrected chi connectivity index (χ0v) is 9.83. The monoisotopic (exact) mass is 231 g/mol. The number of hydrogen-bond acceptors (Lipinski definition) is 4. The molecule has 0 bridgehead atoms. The smallest absolute Gasteiger partial charge is 0.166 e. The summed E-state index contributed by atoms with van der Waals surface area (Å²) in [5, 5.41) is 6.64. The largest absolute Gasteiger partial charge is 0.483 e. The number of piperazine rings is 1. The fourth-order valence-corrected chi connectivity index (χ4v) is 2.32. The summed E-state index contributed by atoms with van der Waals surface area (Å²) >= 11 is 0. The first-order valence-electron chi connectivity index (χ1n) is 6.01. The highest BCUT2D eigenvalue weighted by Gasteiger charge is 2.20. The molecule has 90 valence electrons. The van der Waals surface area contributed by atoms with Crippen LogP contribution in [0.3, 0.4) is 0 Å². The first-order chi connectivity index (χ1) is 8.34. The molecular formula is C13H17N3O. The first-order valence-corrected chi connectivity index (χ1v) is 6.01. The van der Waals surface area contributed by atoms with Crippen molar-refractivity contribution in [3.63, 3.8) is 0 Å². The van der Waals surface area contributed by atoms with Crippen molar-refractivity contribution in [2.75, 3.05) is 43.0 Å². The standard InChI is InChI=1S/C13H17N3O/c1-10-9-17-13-11(15-10)3-2-4-12(13)16-7-5-14-6-8-16/h2-4,14-15H,1,5-9H2. The molecule has 0 atom stereocenters. The van der Waals surface area contributed by atoms with Crippen LogP contribution in [0, 0.1) is 0 Å².